The van der Waals surface area contributed by atoms with Gasteiger partial charge in [0.1, 0.15) is 0 Å². The van der Waals surface area contributed by atoms with Crippen LogP contribution in [-0.2, 0) is 21.2 Å². The molecule has 1 saturated heterocycles. The van der Waals surface area contributed by atoms with E-state index in [2.05, 4.69) is 0 Å². The summed E-state index contributed by atoms with van der Waals surface area (Å²) >= 11 is 0. The van der Waals surface area contributed by atoms with E-state index in [1.165, 1.54) is 6.42 Å². The second-order valence-corrected chi connectivity index (χ2v) is 8.72. The van der Waals surface area contributed by atoms with Gasteiger partial charge < -0.3 is 9.32 Å². The van der Waals surface area contributed by atoms with Crippen LogP contribution in [0, 0.1) is 5.92 Å². The highest BCUT2D eigenvalue weighted by Crippen LogP contribution is 2.28. The van der Waals surface area contributed by atoms with Gasteiger partial charge in [0, 0.05) is 18.2 Å². The van der Waals surface area contributed by atoms with Gasteiger partial charge in [0.25, 0.3) is 0 Å². The van der Waals surface area contributed by atoms with Crippen molar-refractivity contribution in [2.24, 2.45) is 5.92 Å². The fourth-order valence-corrected chi connectivity index (χ4v) is 5.32. The van der Waals surface area contributed by atoms with E-state index in [4.69, 9.17) is 4.42 Å². The van der Waals surface area contributed by atoms with Crippen LogP contribution in [0.3, 0.4) is 0 Å². The summed E-state index contributed by atoms with van der Waals surface area (Å²) in [6.45, 7) is 0.524. The van der Waals surface area contributed by atoms with Crippen molar-refractivity contribution in [1.82, 2.24) is 4.90 Å². The molecule has 0 spiro atoms. The molecule has 0 unspecified atom stereocenters. The third-order valence-electron chi connectivity index (χ3n) is 4.81. The molecular formula is C16H23NO4S. The molecule has 0 N–H and O–H groups in total. The molecule has 1 saturated carbocycles. The number of rotatable bonds is 4. The number of hydrogen-bond acceptors (Lipinski definition) is 4. The zero-order chi connectivity index (χ0) is 15.6. The Hall–Kier alpha value is -1.30. The summed E-state index contributed by atoms with van der Waals surface area (Å²) in [4.78, 5) is 14.8. The summed E-state index contributed by atoms with van der Waals surface area (Å²) in [5, 5.41) is 0. The van der Waals surface area contributed by atoms with Crippen molar-refractivity contribution in [3.63, 3.8) is 0 Å². The molecule has 0 aromatic carbocycles. The fraction of sp³-hybridized carbons (Fsp3) is 0.688. The summed E-state index contributed by atoms with van der Waals surface area (Å²) in [6, 6.07) is 2.11. The molecule has 122 valence electrons. The van der Waals surface area contributed by atoms with E-state index in [1.54, 1.807) is 12.5 Å². The maximum Gasteiger partial charge on any atom is 0.227 e. The molecule has 2 fully saturated rings. The van der Waals surface area contributed by atoms with Gasteiger partial charge in [0.05, 0.1) is 29.9 Å². The van der Waals surface area contributed by atoms with E-state index in [-0.39, 0.29) is 29.4 Å². The van der Waals surface area contributed by atoms with Crippen molar-refractivity contribution in [3.05, 3.63) is 24.2 Å². The van der Waals surface area contributed by atoms with Crippen LogP contribution >= 0.6 is 0 Å². The summed E-state index contributed by atoms with van der Waals surface area (Å²) in [6.07, 6.45) is 9.28. The van der Waals surface area contributed by atoms with Crippen LogP contribution in [0.1, 0.15) is 44.1 Å². The first kappa shape index (κ1) is 15.6. The highest BCUT2D eigenvalue weighted by atomic mass is 32.2. The third kappa shape index (κ3) is 3.54. The standard InChI is InChI=1S/C16H23NO4S/c18-16(14-7-9-22(19,20)12-14)17(10-13-6-8-21-11-13)15-4-2-1-3-5-15/h6,8,11,14-15H,1-5,7,9-10,12H2/t14-/m1/s1. The monoisotopic (exact) mass is 325 g/mol. The second-order valence-electron chi connectivity index (χ2n) is 6.49. The van der Waals surface area contributed by atoms with Crippen molar-refractivity contribution >= 4 is 15.7 Å². The Kier molecular flexibility index (Phi) is 4.57. The Morgan fingerprint density at radius 1 is 1.23 bits per heavy atom. The Bertz CT molecular complexity index is 602. The van der Waals surface area contributed by atoms with Crippen LogP contribution in [0.25, 0.3) is 0 Å². The molecule has 1 amide bonds. The fourth-order valence-electron chi connectivity index (χ4n) is 3.58. The molecule has 1 aromatic heterocycles. The van der Waals surface area contributed by atoms with E-state index >= 15 is 0 Å². The number of nitrogens with zero attached hydrogens (tertiary/aromatic N) is 1. The molecule has 1 aromatic rings. The number of sulfone groups is 1. The summed E-state index contributed by atoms with van der Waals surface area (Å²) in [5.41, 5.74) is 0.972. The highest BCUT2D eigenvalue weighted by Gasteiger charge is 2.37. The number of amides is 1. The second kappa shape index (κ2) is 6.44. The minimum absolute atomic E-state index is 0.00850. The lowest BCUT2D eigenvalue weighted by atomic mass is 9.92. The highest BCUT2D eigenvalue weighted by molar-refractivity contribution is 7.91. The third-order valence-corrected chi connectivity index (χ3v) is 6.58. The van der Waals surface area contributed by atoms with Crippen LogP contribution in [0.15, 0.2) is 23.0 Å². The quantitative estimate of drug-likeness (QED) is 0.852. The van der Waals surface area contributed by atoms with E-state index in [0.717, 1.165) is 31.2 Å². The topological polar surface area (TPSA) is 67.6 Å². The summed E-state index contributed by atoms with van der Waals surface area (Å²) in [7, 11) is -3.03. The maximum absolute atomic E-state index is 12.9. The van der Waals surface area contributed by atoms with Gasteiger partial charge in [-0.15, -0.1) is 0 Å². The molecule has 2 heterocycles. The van der Waals surface area contributed by atoms with Gasteiger partial charge in [-0.25, -0.2) is 8.42 Å². The van der Waals surface area contributed by atoms with Gasteiger partial charge in [0.2, 0.25) is 5.91 Å². The molecule has 2 aliphatic rings. The van der Waals surface area contributed by atoms with E-state index in [9.17, 15) is 13.2 Å². The van der Waals surface area contributed by atoms with Crippen LogP contribution in [0.2, 0.25) is 0 Å². The molecule has 0 radical (unpaired) electrons. The first-order valence-corrected chi connectivity index (χ1v) is 9.89. The smallest absolute Gasteiger partial charge is 0.227 e. The zero-order valence-corrected chi connectivity index (χ0v) is 13.6. The van der Waals surface area contributed by atoms with Crippen molar-refractivity contribution in [2.75, 3.05) is 11.5 Å². The van der Waals surface area contributed by atoms with Gasteiger partial charge in [-0.05, 0) is 25.3 Å². The van der Waals surface area contributed by atoms with Crippen LogP contribution < -0.4 is 0 Å². The predicted molar refractivity (Wildman–Crippen MR) is 82.9 cm³/mol. The van der Waals surface area contributed by atoms with Crippen LogP contribution in [0.5, 0.6) is 0 Å². The zero-order valence-electron chi connectivity index (χ0n) is 12.7. The van der Waals surface area contributed by atoms with E-state index in [0.29, 0.717) is 13.0 Å². The van der Waals surface area contributed by atoms with Crippen molar-refractivity contribution in [3.8, 4) is 0 Å². The van der Waals surface area contributed by atoms with Gasteiger partial charge in [-0.2, -0.15) is 0 Å². The summed E-state index contributed by atoms with van der Waals surface area (Å²) < 4.78 is 28.5. The summed E-state index contributed by atoms with van der Waals surface area (Å²) in [5.74, 6) is -0.193. The average molecular weight is 325 g/mol. The molecule has 1 atom stereocenters. The van der Waals surface area contributed by atoms with Gasteiger partial charge in [0.15, 0.2) is 9.84 Å². The van der Waals surface area contributed by atoms with Gasteiger partial charge in [-0.1, -0.05) is 19.3 Å². The molecule has 22 heavy (non-hydrogen) atoms. The average Bonchev–Trinajstić information content (AvgIpc) is 3.14. The maximum atomic E-state index is 12.9. The molecule has 3 rings (SSSR count). The molecule has 0 bridgehead atoms. The molecule has 5 nitrogen and oxygen atoms in total. The Morgan fingerprint density at radius 3 is 2.59 bits per heavy atom. The lowest BCUT2D eigenvalue weighted by Crippen LogP contribution is -2.44. The number of hydrogen-bond donors (Lipinski definition) is 0. The van der Waals surface area contributed by atoms with E-state index < -0.39 is 9.84 Å². The minimum atomic E-state index is -3.03. The normalized spacial score (nSPS) is 25.2. The lowest BCUT2D eigenvalue weighted by Gasteiger charge is -2.35. The van der Waals surface area contributed by atoms with E-state index in [1.807, 2.05) is 11.0 Å². The molecular weight excluding hydrogens is 302 g/mol. The number of carbonyl (C=O) groups excluding carboxylic acids is 1. The largest absolute Gasteiger partial charge is 0.472 e. The molecule has 6 heteroatoms. The SMILES string of the molecule is O=C([C@@H]1CCS(=O)(=O)C1)N(Cc1ccoc1)C1CCCCC1. The first-order valence-electron chi connectivity index (χ1n) is 8.07. The molecule has 1 aliphatic heterocycles. The Morgan fingerprint density at radius 2 is 2.00 bits per heavy atom. The van der Waals surface area contributed by atoms with Crippen molar-refractivity contribution in [2.45, 2.75) is 51.1 Å². The van der Waals surface area contributed by atoms with Crippen molar-refractivity contribution in [1.29, 1.82) is 0 Å². The lowest BCUT2D eigenvalue weighted by molar-refractivity contribution is -0.138. The Balaban J connectivity index is 1.76. The van der Waals surface area contributed by atoms with Gasteiger partial charge in [-0.3, -0.25) is 4.79 Å². The van der Waals surface area contributed by atoms with Gasteiger partial charge >= 0.3 is 0 Å². The number of carbonyl (C=O) groups is 1. The Labute approximate surface area is 131 Å². The predicted octanol–water partition coefficient (Wildman–Crippen LogP) is 2.38. The first-order chi connectivity index (χ1) is 10.6. The van der Waals surface area contributed by atoms with Crippen molar-refractivity contribution < 1.29 is 17.6 Å². The number of furan rings is 1. The minimum Gasteiger partial charge on any atom is -0.472 e. The van der Waals surface area contributed by atoms with Crippen LogP contribution in [-0.4, -0.2) is 36.8 Å². The molecule has 1 aliphatic carbocycles. The van der Waals surface area contributed by atoms with Crippen LogP contribution in [0.4, 0.5) is 0 Å².